The number of Topliss-reactive ketones (excluding diaryl/α,β-unsaturated/α-hetero) is 1. The lowest BCUT2D eigenvalue weighted by Gasteiger charge is -2.38. The zero-order valence-electron chi connectivity index (χ0n) is 11.6. The molecule has 1 saturated carbocycles. The Kier molecular flexibility index (Phi) is 3.63. The molecule has 0 aromatic rings. The van der Waals surface area contributed by atoms with E-state index in [9.17, 15) is 4.79 Å². The van der Waals surface area contributed by atoms with Crippen LogP contribution in [0.15, 0.2) is 0 Å². The van der Waals surface area contributed by atoms with E-state index in [4.69, 9.17) is 4.74 Å². The van der Waals surface area contributed by atoms with Gasteiger partial charge in [-0.2, -0.15) is 0 Å². The number of carbonyl (C=O) groups excluding carboxylic acids is 1. The highest BCUT2D eigenvalue weighted by molar-refractivity contribution is 5.81. The summed E-state index contributed by atoms with van der Waals surface area (Å²) in [6, 6.07) is 0. The summed E-state index contributed by atoms with van der Waals surface area (Å²) in [5, 5.41) is 0. The second-order valence-electron chi connectivity index (χ2n) is 7.13. The second kappa shape index (κ2) is 4.72. The van der Waals surface area contributed by atoms with Gasteiger partial charge in [0.2, 0.25) is 0 Å². The van der Waals surface area contributed by atoms with Crippen LogP contribution in [0.1, 0.15) is 65.7 Å². The van der Waals surface area contributed by atoms with Gasteiger partial charge in [0.25, 0.3) is 0 Å². The van der Waals surface area contributed by atoms with Gasteiger partial charge in [0.05, 0.1) is 5.60 Å². The molecule has 0 amide bonds. The van der Waals surface area contributed by atoms with E-state index in [0.29, 0.717) is 12.2 Å². The highest BCUT2D eigenvalue weighted by Gasteiger charge is 2.42. The van der Waals surface area contributed by atoms with E-state index in [2.05, 4.69) is 20.8 Å². The fraction of sp³-hybridized carbons (Fsp3) is 0.933. The van der Waals surface area contributed by atoms with Crippen molar-refractivity contribution in [3.63, 3.8) is 0 Å². The minimum atomic E-state index is 0.0798. The third kappa shape index (κ3) is 3.31. The minimum absolute atomic E-state index is 0.0798. The summed E-state index contributed by atoms with van der Waals surface area (Å²) in [5.74, 6) is 0.730. The van der Waals surface area contributed by atoms with Crippen molar-refractivity contribution in [2.75, 3.05) is 6.61 Å². The molecule has 0 N–H and O–H groups in total. The first kappa shape index (κ1) is 13.1. The maximum absolute atomic E-state index is 12.3. The quantitative estimate of drug-likeness (QED) is 0.732. The molecular weight excluding hydrogens is 212 g/mol. The van der Waals surface area contributed by atoms with Crippen LogP contribution in [-0.4, -0.2) is 18.0 Å². The molecule has 1 saturated heterocycles. The Balaban J connectivity index is 1.95. The molecule has 0 radical (unpaired) electrons. The van der Waals surface area contributed by atoms with E-state index in [1.807, 2.05) is 0 Å². The highest BCUT2D eigenvalue weighted by atomic mass is 16.5. The fourth-order valence-corrected chi connectivity index (χ4v) is 3.34. The standard InChI is InChI=1S/C15H26O2/c1-14(2,3)11-13(16)12-6-9-17-15(10-12)7-4-5-8-15/h12H,4-11H2,1-3H3. The van der Waals surface area contributed by atoms with Crippen molar-refractivity contribution < 1.29 is 9.53 Å². The lowest BCUT2D eigenvalue weighted by Crippen LogP contribution is -2.40. The molecule has 1 heterocycles. The first-order valence-electron chi connectivity index (χ1n) is 7.07. The average molecular weight is 238 g/mol. The smallest absolute Gasteiger partial charge is 0.136 e. The van der Waals surface area contributed by atoms with Gasteiger partial charge < -0.3 is 4.74 Å². The minimum Gasteiger partial charge on any atom is -0.375 e. The third-order valence-corrected chi connectivity index (χ3v) is 4.17. The maximum Gasteiger partial charge on any atom is 0.136 e. The summed E-state index contributed by atoms with van der Waals surface area (Å²) in [4.78, 5) is 12.3. The summed E-state index contributed by atoms with van der Waals surface area (Å²) in [6.07, 6.45) is 7.55. The van der Waals surface area contributed by atoms with Gasteiger partial charge in [-0.05, 0) is 31.1 Å². The van der Waals surface area contributed by atoms with Gasteiger partial charge in [-0.3, -0.25) is 4.79 Å². The molecule has 2 nitrogen and oxygen atoms in total. The molecule has 2 fully saturated rings. The summed E-state index contributed by atoms with van der Waals surface area (Å²) in [5.41, 5.74) is 0.203. The van der Waals surface area contributed by atoms with Crippen molar-refractivity contribution in [2.45, 2.75) is 71.3 Å². The van der Waals surface area contributed by atoms with Crippen molar-refractivity contribution in [1.82, 2.24) is 0 Å². The lowest BCUT2D eigenvalue weighted by molar-refractivity contribution is -0.138. The second-order valence-corrected chi connectivity index (χ2v) is 7.13. The number of rotatable bonds is 2. The summed E-state index contributed by atoms with van der Waals surface area (Å²) >= 11 is 0. The summed E-state index contributed by atoms with van der Waals surface area (Å²) in [7, 11) is 0. The molecule has 2 heteroatoms. The molecule has 1 spiro atoms. The number of hydrogen-bond donors (Lipinski definition) is 0. The van der Waals surface area contributed by atoms with E-state index in [1.54, 1.807) is 0 Å². The Labute approximate surface area is 105 Å². The number of ether oxygens (including phenoxy) is 1. The first-order valence-corrected chi connectivity index (χ1v) is 7.07. The Hall–Kier alpha value is -0.370. The topological polar surface area (TPSA) is 26.3 Å². The monoisotopic (exact) mass is 238 g/mol. The van der Waals surface area contributed by atoms with Crippen LogP contribution >= 0.6 is 0 Å². The van der Waals surface area contributed by atoms with Crippen LogP contribution in [0.25, 0.3) is 0 Å². The molecule has 17 heavy (non-hydrogen) atoms. The zero-order chi connectivity index (χ0) is 12.5. The first-order chi connectivity index (χ1) is 7.90. The molecule has 1 unspecified atom stereocenters. The van der Waals surface area contributed by atoms with Crippen LogP contribution in [-0.2, 0) is 9.53 Å². The Bertz CT molecular complexity index is 282. The van der Waals surface area contributed by atoms with Crippen molar-refractivity contribution in [2.24, 2.45) is 11.3 Å². The van der Waals surface area contributed by atoms with E-state index < -0.39 is 0 Å². The fourth-order valence-electron chi connectivity index (χ4n) is 3.34. The van der Waals surface area contributed by atoms with Crippen LogP contribution in [0.5, 0.6) is 0 Å². The van der Waals surface area contributed by atoms with Crippen LogP contribution < -0.4 is 0 Å². The summed E-state index contributed by atoms with van der Waals surface area (Å²) < 4.78 is 5.98. The predicted octanol–water partition coefficient (Wildman–Crippen LogP) is 3.73. The van der Waals surface area contributed by atoms with Crippen molar-refractivity contribution in [3.8, 4) is 0 Å². The third-order valence-electron chi connectivity index (χ3n) is 4.17. The number of ketones is 1. The number of carbonyl (C=O) groups is 1. The van der Waals surface area contributed by atoms with Gasteiger partial charge in [0.1, 0.15) is 5.78 Å². The molecule has 1 aliphatic heterocycles. The predicted molar refractivity (Wildman–Crippen MR) is 69.0 cm³/mol. The van der Waals surface area contributed by atoms with Crippen molar-refractivity contribution in [3.05, 3.63) is 0 Å². The van der Waals surface area contributed by atoms with Crippen molar-refractivity contribution >= 4 is 5.78 Å². The zero-order valence-corrected chi connectivity index (χ0v) is 11.6. The van der Waals surface area contributed by atoms with E-state index in [-0.39, 0.29) is 16.9 Å². The SMILES string of the molecule is CC(C)(C)CC(=O)C1CCOC2(CCCC2)C1. The van der Waals surface area contributed by atoms with Crippen LogP contribution in [0.2, 0.25) is 0 Å². The van der Waals surface area contributed by atoms with E-state index in [1.165, 1.54) is 25.7 Å². The van der Waals surface area contributed by atoms with Crippen LogP contribution in [0.4, 0.5) is 0 Å². The lowest BCUT2D eigenvalue weighted by atomic mass is 9.78. The maximum atomic E-state index is 12.3. The summed E-state index contributed by atoms with van der Waals surface area (Å²) in [6.45, 7) is 7.24. The molecule has 0 aromatic heterocycles. The molecular formula is C15H26O2. The van der Waals surface area contributed by atoms with Gasteiger partial charge in [0.15, 0.2) is 0 Å². The highest BCUT2D eigenvalue weighted by Crippen LogP contribution is 2.42. The van der Waals surface area contributed by atoms with Gasteiger partial charge in [-0.25, -0.2) is 0 Å². The molecule has 98 valence electrons. The number of hydrogen-bond acceptors (Lipinski definition) is 2. The molecule has 1 aliphatic carbocycles. The van der Waals surface area contributed by atoms with Gasteiger partial charge in [-0.15, -0.1) is 0 Å². The molecule has 0 aromatic carbocycles. The van der Waals surface area contributed by atoms with E-state index in [0.717, 1.165) is 19.4 Å². The van der Waals surface area contributed by atoms with Gasteiger partial charge >= 0.3 is 0 Å². The molecule has 1 atom stereocenters. The van der Waals surface area contributed by atoms with Gasteiger partial charge in [0, 0.05) is 18.9 Å². The average Bonchev–Trinajstić information content (AvgIpc) is 2.64. The van der Waals surface area contributed by atoms with E-state index >= 15 is 0 Å². The van der Waals surface area contributed by atoms with Crippen molar-refractivity contribution in [1.29, 1.82) is 0 Å². The largest absolute Gasteiger partial charge is 0.375 e. The Morgan fingerprint density at radius 3 is 2.53 bits per heavy atom. The molecule has 2 rings (SSSR count). The molecule has 0 bridgehead atoms. The molecule has 2 aliphatic rings. The van der Waals surface area contributed by atoms with Gasteiger partial charge in [-0.1, -0.05) is 33.6 Å². The van der Waals surface area contributed by atoms with Crippen LogP contribution in [0, 0.1) is 11.3 Å². The normalized spacial score (nSPS) is 28.5. The van der Waals surface area contributed by atoms with Crippen LogP contribution in [0.3, 0.4) is 0 Å². The Morgan fingerprint density at radius 1 is 1.29 bits per heavy atom. The Morgan fingerprint density at radius 2 is 1.94 bits per heavy atom.